The Morgan fingerprint density at radius 3 is 1.73 bits per heavy atom. The van der Waals surface area contributed by atoms with Crippen molar-refractivity contribution in [3.63, 3.8) is 0 Å². The second-order valence-corrected chi connectivity index (χ2v) is 21.1. The number of aromatic nitrogens is 3. The van der Waals surface area contributed by atoms with E-state index in [9.17, 15) is 0 Å². The Hall–Kier alpha value is -5.78. The number of hydrogen-bond acceptors (Lipinski definition) is 4. The van der Waals surface area contributed by atoms with Gasteiger partial charge < -0.3 is 4.42 Å². The third-order valence-electron chi connectivity index (χ3n) is 10.4. The van der Waals surface area contributed by atoms with Crippen molar-refractivity contribution in [1.82, 2.24) is 15.0 Å². The van der Waals surface area contributed by atoms with Crippen LogP contribution in [0.15, 0.2) is 181 Å². The van der Waals surface area contributed by atoms with Crippen molar-refractivity contribution in [2.75, 3.05) is 0 Å². The molecular formula is C53H51IrN3OSi. The number of nitrogens with zero attached hydrogens (tertiary/aromatic N) is 3. The number of hydrogen-bond donors (Lipinski definition) is 0. The van der Waals surface area contributed by atoms with Crippen LogP contribution >= 0.6 is 0 Å². The molecule has 4 aromatic heterocycles. The zero-order valence-corrected chi connectivity index (χ0v) is 38.3. The molecule has 9 aromatic rings. The largest absolute Gasteiger partial charge is 0.455 e. The zero-order valence-electron chi connectivity index (χ0n) is 34.9. The normalized spacial score (nSPS) is 11.0. The van der Waals surface area contributed by atoms with Crippen LogP contribution in [0.2, 0.25) is 19.6 Å². The fourth-order valence-electron chi connectivity index (χ4n) is 7.14. The maximum absolute atomic E-state index is 6.44. The Kier molecular flexibility index (Phi) is 14.0. The standard InChI is InChI=1S/C28H25NO.C14H17NSi.C11H9N.Ir/c1-17(2)20-13-14-29-25(15-20)24-10-6-9-23-22-12-11-21(16-26(22)30-28(23)24)27-18(3)7-5-8-19(27)4;1-16(2,3)13-9-10-14(15-11-13)12-7-5-4-6-8-12;1-2-6-10(7-3-1)11-8-4-5-9-12-11;/h5-17H,1-4H3;4-11H,1-3H3;1-9H;. The first-order valence-corrected chi connectivity index (χ1v) is 23.5. The maximum atomic E-state index is 6.44. The van der Waals surface area contributed by atoms with Gasteiger partial charge in [0.25, 0.3) is 0 Å². The molecule has 0 amide bonds. The van der Waals surface area contributed by atoms with E-state index >= 15 is 0 Å². The summed E-state index contributed by atoms with van der Waals surface area (Å²) in [6.45, 7) is 15.8. The minimum Gasteiger partial charge on any atom is -0.455 e. The quantitative estimate of drug-likeness (QED) is 0.156. The Balaban J connectivity index is 0.000000169. The SMILES string of the molecule is C[Si](C)(C)c1ccc(-c2ccccc2)nc1.Cc1cccc(C)c1-c1ccc2c(c1)oc1c(-c3cc(C(C)C)ccn3)cccc12.[Ir].c1ccc(-c2ccccn2)cc1. The predicted molar refractivity (Wildman–Crippen MR) is 248 cm³/mol. The molecule has 6 heteroatoms. The van der Waals surface area contributed by atoms with Gasteiger partial charge in [-0.2, -0.15) is 0 Å². The summed E-state index contributed by atoms with van der Waals surface area (Å²) in [5.74, 6) is 0.460. The number of para-hydroxylation sites is 1. The van der Waals surface area contributed by atoms with Crippen molar-refractivity contribution in [1.29, 1.82) is 0 Å². The molecule has 0 aliphatic carbocycles. The summed E-state index contributed by atoms with van der Waals surface area (Å²) in [7, 11) is -1.22. The summed E-state index contributed by atoms with van der Waals surface area (Å²) in [4.78, 5) is 13.4. The molecule has 9 rings (SSSR count). The molecule has 0 aliphatic rings. The van der Waals surface area contributed by atoms with E-state index < -0.39 is 8.07 Å². The van der Waals surface area contributed by atoms with Gasteiger partial charge in [-0.15, -0.1) is 0 Å². The van der Waals surface area contributed by atoms with Gasteiger partial charge in [-0.25, -0.2) is 0 Å². The number of fused-ring (bicyclic) bond motifs is 3. The van der Waals surface area contributed by atoms with Gasteiger partial charge in [0.15, 0.2) is 0 Å². The summed E-state index contributed by atoms with van der Waals surface area (Å²) in [5.41, 5.74) is 14.6. The summed E-state index contributed by atoms with van der Waals surface area (Å²) in [5, 5.41) is 3.68. The van der Waals surface area contributed by atoms with Gasteiger partial charge in [0, 0.05) is 66.2 Å². The third kappa shape index (κ3) is 10.3. The monoisotopic (exact) mass is 966 g/mol. The van der Waals surface area contributed by atoms with E-state index in [0.29, 0.717) is 5.92 Å². The molecule has 0 bridgehead atoms. The van der Waals surface area contributed by atoms with Gasteiger partial charge in [0.05, 0.1) is 25.2 Å². The van der Waals surface area contributed by atoms with Crippen LogP contribution < -0.4 is 5.19 Å². The summed E-state index contributed by atoms with van der Waals surface area (Å²) in [6.07, 6.45) is 5.74. The van der Waals surface area contributed by atoms with E-state index in [-0.39, 0.29) is 20.1 Å². The number of aryl methyl sites for hydroxylation is 2. The molecule has 4 heterocycles. The molecule has 297 valence electrons. The fourth-order valence-corrected chi connectivity index (χ4v) is 8.17. The molecule has 59 heavy (non-hydrogen) atoms. The van der Waals surface area contributed by atoms with Crippen LogP contribution in [0.1, 0.15) is 36.5 Å². The molecule has 4 nitrogen and oxygen atoms in total. The van der Waals surface area contributed by atoms with Crippen molar-refractivity contribution < 1.29 is 24.5 Å². The maximum Gasteiger partial charge on any atom is 0.144 e. The Labute approximate surface area is 363 Å². The number of benzene rings is 5. The van der Waals surface area contributed by atoms with Gasteiger partial charge >= 0.3 is 0 Å². The van der Waals surface area contributed by atoms with E-state index in [1.807, 2.05) is 73.2 Å². The molecule has 0 saturated heterocycles. The topological polar surface area (TPSA) is 51.8 Å². The molecular weight excluding hydrogens is 915 g/mol. The van der Waals surface area contributed by atoms with Crippen LogP contribution in [0.4, 0.5) is 0 Å². The number of pyridine rings is 3. The molecule has 0 spiro atoms. The molecule has 5 aromatic carbocycles. The van der Waals surface area contributed by atoms with E-state index in [1.54, 1.807) is 0 Å². The fraction of sp³-hybridized carbons (Fsp3) is 0.151. The molecule has 0 N–H and O–H groups in total. The average molecular weight is 966 g/mol. The minimum atomic E-state index is -1.22. The van der Waals surface area contributed by atoms with Crippen molar-refractivity contribution in [3.8, 4) is 44.9 Å². The van der Waals surface area contributed by atoms with Crippen LogP contribution in [0, 0.1) is 13.8 Å². The van der Waals surface area contributed by atoms with Crippen LogP contribution in [-0.4, -0.2) is 23.0 Å². The first-order chi connectivity index (χ1) is 28.1. The second kappa shape index (κ2) is 19.3. The van der Waals surface area contributed by atoms with Crippen molar-refractivity contribution in [2.24, 2.45) is 0 Å². The molecule has 0 atom stereocenters. The predicted octanol–water partition coefficient (Wildman–Crippen LogP) is 14.1. The van der Waals surface area contributed by atoms with Gasteiger partial charge in [-0.05, 0) is 101 Å². The van der Waals surface area contributed by atoms with Gasteiger partial charge in [-0.1, -0.05) is 143 Å². The molecule has 0 unspecified atom stereocenters. The van der Waals surface area contributed by atoms with Crippen LogP contribution in [0.3, 0.4) is 0 Å². The first-order valence-electron chi connectivity index (χ1n) is 20.0. The van der Waals surface area contributed by atoms with Gasteiger partial charge in [-0.3, -0.25) is 15.0 Å². The van der Waals surface area contributed by atoms with E-state index in [0.717, 1.165) is 50.1 Å². The molecule has 0 fully saturated rings. The Morgan fingerprint density at radius 2 is 1.14 bits per heavy atom. The first kappa shape index (κ1) is 42.8. The van der Waals surface area contributed by atoms with Crippen molar-refractivity contribution >= 4 is 35.2 Å². The van der Waals surface area contributed by atoms with Crippen molar-refractivity contribution in [2.45, 2.75) is 53.3 Å². The van der Waals surface area contributed by atoms with E-state index in [2.05, 4.69) is 165 Å². The Morgan fingerprint density at radius 1 is 0.508 bits per heavy atom. The van der Waals surface area contributed by atoms with Crippen LogP contribution in [0.25, 0.3) is 66.8 Å². The van der Waals surface area contributed by atoms with Gasteiger partial charge in [0.2, 0.25) is 0 Å². The van der Waals surface area contributed by atoms with Crippen molar-refractivity contribution in [3.05, 3.63) is 193 Å². The summed E-state index contributed by atoms with van der Waals surface area (Å²) in [6, 6.07) is 54.3. The number of furan rings is 1. The third-order valence-corrected chi connectivity index (χ3v) is 12.5. The van der Waals surface area contributed by atoms with E-state index in [1.165, 1.54) is 38.6 Å². The zero-order chi connectivity index (χ0) is 40.6. The average Bonchev–Trinajstić information content (AvgIpc) is 3.63. The van der Waals surface area contributed by atoms with E-state index in [4.69, 9.17) is 4.42 Å². The second-order valence-electron chi connectivity index (χ2n) is 16.0. The van der Waals surface area contributed by atoms with Crippen LogP contribution in [-0.2, 0) is 20.1 Å². The Bertz CT molecular complexity index is 2680. The summed E-state index contributed by atoms with van der Waals surface area (Å²) >= 11 is 0. The summed E-state index contributed by atoms with van der Waals surface area (Å²) < 4.78 is 6.44. The molecule has 1 radical (unpaired) electrons. The van der Waals surface area contributed by atoms with Gasteiger partial charge in [0.1, 0.15) is 11.2 Å². The minimum absolute atomic E-state index is 0. The number of rotatable bonds is 6. The molecule has 0 saturated carbocycles. The molecule has 0 aliphatic heterocycles. The van der Waals surface area contributed by atoms with Crippen LogP contribution in [0.5, 0.6) is 0 Å². The smallest absolute Gasteiger partial charge is 0.144 e.